The van der Waals surface area contributed by atoms with Crippen LogP contribution >= 0.6 is 11.3 Å². The first-order valence-electron chi connectivity index (χ1n) is 18.8. The van der Waals surface area contributed by atoms with E-state index >= 15 is 0 Å². The summed E-state index contributed by atoms with van der Waals surface area (Å²) in [4.78, 5) is 2.42. The standard InChI is InChI=1S/C52H34N2S/c1-3-16-39(17-4-1)53(41-27-29-52-48(34-41)47-22-10-12-25-51(47)55-52)42-31-37(30-38(32-42)44-23-13-15-35-14-7-8-20-43(35)44)36-26-28-46-45-21-9-11-24-49(45)54(50(46)33-36)40-18-5-2-6-19-40/h1-34H. The number of para-hydroxylation sites is 3. The van der Waals surface area contributed by atoms with Gasteiger partial charge in [0.1, 0.15) is 0 Å². The molecule has 0 fully saturated rings. The summed E-state index contributed by atoms with van der Waals surface area (Å²) < 4.78 is 5.01. The molecular formula is C52H34N2S. The number of benzene rings is 9. The molecule has 0 aliphatic rings. The Balaban J connectivity index is 1.18. The third-order valence-electron chi connectivity index (χ3n) is 10.9. The molecule has 0 unspecified atom stereocenters. The van der Waals surface area contributed by atoms with Gasteiger partial charge < -0.3 is 9.47 Å². The van der Waals surface area contributed by atoms with Crippen LogP contribution in [0.15, 0.2) is 206 Å². The van der Waals surface area contributed by atoms with Crippen LogP contribution in [0.3, 0.4) is 0 Å². The SMILES string of the molecule is c1ccc(N(c2cc(-c3ccc4c5ccccc5n(-c5ccccc5)c4c3)cc(-c3cccc4ccccc34)c2)c2ccc3sc4ccccc4c3c2)cc1. The van der Waals surface area contributed by atoms with E-state index in [-0.39, 0.29) is 0 Å². The molecule has 2 aromatic heterocycles. The average Bonchev–Trinajstić information content (AvgIpc) is 3.79. The maximum absolute atomic E-state index is 2.42. The van der Waals surface area contributed by atoms with E-state index < -0.39 is 0 Å². The number of nitrogens with zero attached hydrogens (tertiary/aromatic N) is 2. The zero-order valence-electron chi connectivity index (χ0n) is 29.9. The predicted octanol–water partition coefficient (Wildman–Crippen LogP) is 15.1. The highest BCUT2D eigenvalue weighted by molar-refractivity contribution is 7.25. The predicted molar refractivity (Wildman–Crippen MR) is 237 cm³/mol. The van der Waals surface area contributed by atoms with Crippen molar-refractivity contribution in [3.8, 4) is 27.9 Å². The topological polar surface area (TPSA) is 8.17 Å². The summed E-state index contributed by atoms with van der Waals surface area (Å²) in [5.41, 5.74) is 11.6. The van der Waals surface area contributed by atoms with E-state index in [1.807, 2.05) is 11.3 Å². The molecule has 0 aliphatic carbocycles. The van der Waals surface area contributed by atoms with Crippen molar-refractivity contribution in [3.05, 3.63) is 206 Å². The number of fused-ring (bicyclic) bond motifs is 7. The van der Waals surface area contributed by atoms with E-state index in [1.165, 1.54) is 69.4 Å². The smallest absolute Gasteiger partial charge is 0.0547 e. The molecule has 2 nitrogen and oxygen atoms in total. The minimum absolute atomic E-state index is 1.11. The van der Waals surface area contributed by atoms with Crippen LogP contribution in [0, 0.1) is 0 Å². The molecular weight excluding hydrogens is 685 g/mol. The molecule has 0 radical (unpaired) electrons. The summed E-state index contributed by atoms with van der Waals surface area (Å²) >= 11 is 1.86. The number of hydrogen-bond donors (Lipinski definition) is 0. The zero-order chi connectivity index (χ0) is 36.3. The second-order valence-corrected chi connectivity index (χ2v) is 15.2. The van der Waals surface area contributed by atoms with Crippen LogP contribution < -0.4 is 4.90 Å². The van der Waals surface area contributed by atoms with Gasteiger partial charge in [-0.2, -0.15) is 0 Å². The fourth-order valence-electron chi connectivity index (χ4n) is 8.42. The van der Waals surface area contributed by atoms with E-state index in [0.717, 1.165) is 28.3 Å². The summed E-state index contributed by atoms with van der Waals surface area (Å²) in [5, 5.41) is 7.55. The number of thiophene rings is 1. The lowest BCUT2D eigenvalue weighted by atomic mass is 9.93. The molecule has 9 aromatic carbocycles. The first-order chi connectivity index (χ1) is 27.3. The quantitative estimate of drug-likeness (QED) is 0.166. The summed E-state index contributed by atoms with van der Waals surface area (Å²) in [7, 11) is 0. The zero-order valence-corrected chi connectivity index (χ0v) is 30.7. The van der Waals surface area contributed by atoms with Gasteiger partial charge in [-0.15, -0.1) is 11.3 Å². The van der Waals surface area contributed by atoms with Crippen LogP contribution in [-0.2, 0) is 0 Å². The van der Waals surface area contributed by atoms with Gasteiger partial charge in [-0.25, -0.2) is 0 Å². The number of rotatable bonds is 6. The molecule has 0 aliphatic heterocycles. The molecule has 3 heteroatoms. The van der Waals surface area contributed by atoms with Gasteiger partial charge in [-0.05, 0) is 112 Å². The van der Waals surface area contributed by atoms with Crippen molar-refractivity contribution in [1.82, 2.24) is 4.57 Å². The van der Waals surface area contributed by atoms with Crippen LogP contribution in [0.4, 0.5) is 17.1 Å². The number of anilines is 3. The lowest BCUT2D eigenvalue weighted by Crippen LogP contribution is -2.10. The van der Waals surface area contributed by atoms with Crippen LogP contribution in [-0.4, -0.2) is 4.57 Å². The van der Waals surface area contributed by atoms with Crippen molar-refractivity contribution in [1.29, 1.82) is 0 Å². The Kier molecular flexibility index (Phi) is 7.39. The normalized spacial score (nSPS) is 11.6. The first-order valence-corrected chi connectivity index (χ1v) is 19.6. The van der Waals surface area contributed by atoms with Crippen LogP contribution in [0.5, 0.6) is 0 Å². The van der Waals surface area contributed by atoms with Gasteiger partial charge in [-0.3, -0.25) is 0 Å². The minimum atomic E-state index is 1.11. The molecule has 0 amide bonds. The molecule has 11 aromatic rings. The largest absolute Gasteiger partial charge is 0.310 e. The molecule has 0 spiro atoms. The Morgan fingerprint density at radius 1 is 0.345 bits per heavy atom. The van der Waals surface area contributed by atoms with Gasteiger partial charge >= 0.3 is 0 Å². The summed E-state index contributed by atoms with van der Waals surface area (Å²) in [6.07, 6.45) is 0. The van der Waals surface area contributed by atoms with Gasteiger partial charge in [0.25, 0.3) is 0 Å². The van der Waals surface area contributed by atoms with E-state index in [0.29, 0.717) is 0 Å². The maximum atomic E-state index is 2.42. The average molecular weight is 719 g/mol. The number of aromatic nitrogens is 1. The first kappa shape index (κ1) is 31.6. The maximum Gasteiger partial charge on any atom is 0.0547 e. The Morgan fingerprint density at radius 3 is 1.89 bits per heavy atom. The third kappa shape index (κ3) is 5.32. The highest BCUT2D eigenvalue weighted by Gasteiger charge is 2.19. The lowest BCUT2D eigenvalue weighted by Gasteiger charge is -2.27. The van der Waals surface area contributed by atoms with Crippen molar-refractivity contribution in [2.24, 2.45) is 0 Å². The van der Waals surface area contributed by atoms with Crippen LogP contribution in [0.2, 0.25) is 0 Å². The van der Waals surface area contributed by atoms with Gasteiger partial charge in [0.15, 0.2) is 0 Å². The molecule has 258 valence electrons. The van der Waals surface area contributed by atoms with E-state index in [9.17, 15) is 0 Å². The summed E-state index contributed by atoms with van der Waals surface area (Å²) in [6.45, 7) is 0. The summed E-state index contributed by atoms with van der Waals surface area (Å²) in [5.74, 6) is 0. The van der Waals surface area contributed by atoms with Crippen molar-refractivity contribution in [3.63, 3.8) is 0 Å². The highest BCUT2D eigenvalue weighted by atomic mass is 32.1. The van der Waals surface area contributed by atoms with Crippen molar-refractivity contribution in [2.45, 2.75) is 0 Å². The van der Waals surface area contributed by atoms with Gasteiger partial charge in [0.05, 0.1) is 11.0 Å². The molecule has 11 rings (SSSR count). The molecule has 0 saturated heterocycles. The fourth-order valence-corrected chi connectivity index (χ4v) is 9.51. The Hall–Kier alpha value is -6.94. The van der Waals surface area contributed by atoms with Crippen LogP contribution in [0.25, 0.3) is 80.7 Å². The monoisotopic (exact) mass is 718 g/mol. The second-order valence-electron chi connectivity index (χ2n) is 14.2. The third-order valence-corrected chi connectivity index (χ3v) is 12.1. The van der Waals surface area contributed by atoms with Crippen molar-refractivity contribution in [2.75, 3.05) is 4.90 Å². The van der Waals surface area contributed by atoms with Gasteiger partial charge in [-0.1, -0.05) is 127 Å². The molecule has 0 saturated carbocycles. The minimum Gasteiger partial charge on any atom is -0.310 e. The van der Waals surface area contributed by atoms with Gasteiger partial charge in [0.2, 0.25) is 0 Å². The van der Waals surface area contributed by atoms with E-state index in [1.54, 1.807) is 0 Å². The molecule has 55 heavy (non-hydrogen) atoms. The van der Waals surface area contributed by atoms with Crippen LogP contribution in [0.1, 0.15) is 0 Å². The van der Waals surface area contributed by atoms with Crippen molar-refractivity contribution < 1.29 is 0 Å². The highest BCUT2D eigenvalue weighted by Crippen LogP contribution is 2.44. The molecule has 2 heterocycles. The molecule has 0 bridgehead atoms. The summed E-state index contributed by atoms with van der Waals surface area (Å²) in [6, 6.07) is 75.4. The number of hydrogen-bond acceptors (Lipinski definition) is 2. The Morgan fingerprint density at radius 2 is 1.02 bits per heavy atom. The fraction of sp³-hybridized carbons (Fsp3) is 0. The molecule has 0 N–H and O–H groups in total. The van der Waals surface area contributed by atoms with E-state index in [4.69, 9.17) is 0 Å². The molecule has 0 atom stereocenters. The van der Waals surface area contributed by atoms with Gasteiger partial charge in [0, 0.05) is 53.7 Å². The Bertz CT molecular complexity index is 3200. The lowest BCUT2D eigenvalue weighted by molar-refractivity contribution is 1.18. The van der Waals surface area contributed by atoms with E-state index in [2.05, 4.69) is 216 Å². The van der Waals surface area contributed by atoms with Crippen molar-refractivity contribution >= 4 is 81.1 Å². The Labute approximate surface area is 323 Å². The second kappa shape index (κ2) is 12.9.